The summed E-state index contributed by atoms with van der Waals surface area (Å²) >= 11 is 0. The molecule has 1 aromatic carbocycles. The molecule has 0 spiro atoms. The van der Waals surface area contributed by atoms with Gasteiger partial charge in [0.1, 0.15) is 0 Å². The zero-order chi connectivity index (χ0) is 15.1. The molecule has 4 nitrogen and oxygen atoms in total. The van der Waals surface area contributed by atoms with Gasteiger partial charge in [0, 0.05) is 13.1 Å². The van der Waals surface area contributed by atoms with Crippen LogP contribution >= 0.6 is 12.4 Å². The number of benzene rings is 1. The molecule has 0 unspecified atom stereocenters. The Morgan fingerprint density at radius 2 is 1.82 bits per heavy atom. The van der Waals surface area contributed by atoms with E-state index >= 15 is 0 Å². The van der Waals surface area contributed by atoms with Crippen molar-refractivity contribution in [3.8, 4) is 0 Å². The average molecular weight is 347 g/mol. The first kappa shape index (κ1) is 19.4. The van der Waals surface area contributed by atoms with Crippen molar-refractivity contribution < 1.29 is 8.42 Å². The average Bonchev–Trinajstić information content (AvgIpc) is 2.52. The Bertz CT molecular complexity index is 514. The van der Waals surface area contributed by atoms with Gasteiger partial charge in [-0.15, -0.1) is 12.4 Å². The van der Waals surface area contributed by atoms with E-state index in [9.17, 15) is 8.42 Å². The van der Waals surface area contributed by atoms with Crippen LogP contribution in [0, 0.1) is 5.92 Å². The highest BCUT2D eigenvalue weighted by Gasteiger charge is 2.27. The minimum absolute atomic E-state index is 0. The molecule has 1 aliphatic rings. The third-order valence-corrected chi connectivity index (χ3v) is 6.01. The molecule has 0 bridgehead atoms. The molecule has 0 atom stereocenters. The number of piperidine rings is 1. The zero-order valence-corrected chi connectivity index (χ0v) is 14.8. The second-order valence-electron chi connectivity index (χ2n) is 5.70. The van der Waals surface area contributed by atoms with Gasteiger partial charge in [-0.2, -0.15) is 0 Å². The molecule has 0 radical (unpaired) electrons. The van der Waals surface area contributed by atoms with Gasteiger partial charge in [-0.05, 0) is 43.8 Å². The summed E-state index contributed by atoms with van der Waals surface area (Å²) in [5, 5.41) is 3.35. The van der Waals surface area contributed by atoms with Crippen molar-refractivity contribution in [3.63, 3.8) is 0 Å². The van der Waals surface area contributed by atoms with Gasteiger partial charge in [0.2, 0.25) is 10.0 Å². The van der Waals surface area contributed by atoms with E-state index in [4.69, 9.17) is 0 Å². The first-order valence-electron chi connectivity index (χ1n) is 7.84. The lowest BCUT2D eigenvalue weighted by Crippen LogP contribution is -2.42. The molecule has 0 amide bonds. The maximum absolute atomic E-state index is 12.4. The Morgan fingerprint density at radius 3 is 2.41 bits per heavy atom. The van der Waals surface area contributed by atoms with Crippen LogP contribution in [0.5, 0.6) is 0 Å². The highest BCUT2D eigenvalue weighted by atomic mass is 35.5. The van der Waals surface area contributed by atoms with Crippen molar-refractivity contribution in [2.24, 2.45) is 5.92 Å². The Morgan fingerprint density at radius 1 is 1.18 bits per heavy atom. The standard InChI is InChI=1S/C16H26N2O2S.ClH/c1-2-17-14-16-8-11-18(12-9-16)21(19,20)13-10-15-6-4-3-5-7-15;/h3-7,16-17H,2,8-14H2,1H3;1H. The Hall–Kier alpha value is -0.620. The fourth-order valence-electron chi connectivity index (χ4n) is 2.76. The maximum Gasteiger partial charge on any atom is 0.214 e. The summed E-state index contributed by atoms with van der Waals surface area (Å²) in [6, 6.07) is 9.83. The molecule has 22 heavy (non-hydrogen) atoms. The molecule has 1 fully saturated rings. The normalized spacial score (nSPS) is 17.1. The molecule has 1 saturated heterocycles. The highest BCUT2D eigenvalue weighted by Crippen LogP contribution is 2.19. The van der Waals surface area contributed by atoms with Crippen LogP contribution < -0.4 is 5.32 Å². The molecule has 0 aromatic heterocycles. The fraction of sp³-hybridized carbons (Fsp3) is 0.625. The van der Waals surface area contributed by atoms with E-state index in [0.29, 0.717) is 25.4 Å². The van der Waals surface area contributed by atoms with E-state index in [0.717, 1.165) is 31.5 Å². The van der Waals surface area contributed by atoms with Crippen molar-refractivity contribution in [2.45, 2.75) is 26.2 Å². The van der Waals surface area contributed by atoms with E-state index in [1.165, 1.54) is 0 Å². The fourth-order valence-corrected chi connectivity index (χ4v) is 4.28. The second kappa shape index (κ2) is 9.50. The molecule has 1 aromatic rings. The third-order valence-electron chi connectivity index (χ3n) is 4.14. The predicted molar refractivity (Wildman–Crippen MR) is 94.0 cm³/mol. The van der Waals surface area contributed by atoms with Gasteiger partial charge in [-0.1, -0.05) is 37.3 Å². The molecule has 0 saturated carbocycles. The van der Waals surface area contributed by atoms with Crippen molar-refractivity contribution in [1.29, 1.82) is 0 Å². The highest BCUT2D eigenvalue weighted by molar-refractivity contribution is 7.89. The van der Waals surface area contributed by atoms with E-state index in [-0.39, 0.29) is 18.2 Å². The van der Waals surface area contributed by atoms with Crippen LogP contribution in [-0.2, 0) is 16.4 Å². The largest absolute Gasteiger partial charge is 0.317 e. The molecule has 6 heteroatoms. The van der Waals surface area contributed by atoms with Crippen LogP contribution in [0.15, 0.2) is 30.3 Å². The van der Waals surface area contributed by atoms with Gasteiger partial charge in [0.05, 0.1) is 5.75 Å². The maximum atomic E-state index is 12.4. The number of hydrogen-bond acceptors (Lipinski definition) is 3. The van der Waals surface area contributed by atoms with Crippen LogP contribution in [0.1, 0.15) is 25.3 Å². The summed E-state index contributed by atoms with van der Waals surface area (Å²) in [4.78, 5) is 0. The van der Waals surface area contributed by atoms with Gasteiger partial charge >= 0.3 is 0 Å². The quantitative estimate of drug-likeness (QED) is 0.824. The monoisotopic (exact) mass is 346 g/mol. The van der Waals surface area contributed by atoms with Crippen LogP contribution in [-0.4, -0.2) is 44.7 Å². The van der Waals surface area contributed by atoms with Crippen molar-refractivity contribution in [3.05, 3.63) is 35.9 Å². The topological polar surface area (TPSA) is 49.4 Å². The lowest BCUT2D eigenvalue weighted by Gasteiger charge is -2.31. The summed E-state index contributed by atoms with van der Waals surface area (Å²) in [5.74, 6) is 0.833. The SMILES string of the molecule is CCNCC1CCN(S(=O)(=O)CCc2ccccc2)CC1.Cl. The first-order chi connectivity index (χ1) is 10.1. The van der Waals surface area contributed by atoms with Gasteiger partial charge in [0.25, 0.3) is 0 Å². The molecule has 1 aliphatic heterocycles. The molecular formula is C16H27ClN2O2S. The van der Waals surface area contributed by atoms with Gasteiger partial charge in [0.15, 0.2) is 0 Å². The number of nitrogens with zero attached hydrogens (tertiary/aromatic N) is 1. The minimum atomic E-state index is -3.11. The summed E-state index contributed by atoms with van der Waals surface area (Å²) in [6.45, 7) is 5.44. The zero-order valence-electron chi connectivity index (χ0n) is 13.2. The smallest absolute Gasteiger partial charge is 0.214 e. The second-order valence-corrected chi connectivity index (χ2v) is 7.79. The number of nitrogens with one attached hydrogen (secondary N) is 1. The number of halogens is 1. The summed E-state index contributed by atoms with van der Waals surface area (Å²) < 4.78 is 26.5. The summed E-state index contributed by atoms with van der Waals surface area (Å²) in [7, 11) is -3.11. The third kappa shape index (κ3) is 5.88. The molecule has 1 N–H and O–H groups in total. The van der Waals surface area contributed by atoms with Gasteiger partial charge < -0.3 is 5.32 Å². The molecule has 0 aliphatic carbocycles. The lowest BCUT2D eigenvalue weighted by molar-refractivity contribution is 0.268. The van der Waals surface area contributed by atoms with Crippen LogP contribution in [0.4, 0.5) is 0 Å². The predicted octanol–water partition coefficient (Wildman–Crippen LogP) is 2.30. The van der Waals surface area contributed by atoms with Crippen LogP contribution in [0.3, 0.4) is 0 Å². The summed E-state index contributed by atoms with van der Waals surface area (Å²) in [5.41, 5.74) is 1.09. The van der Waals surface area contributed by atoms with E-state index < -0.39 is 10.0 Å². The molecule has 2 rings (SSSR count). The molecular weight excluding hydrogens is 320 g/mol. The number of rotatable bonds is 7. The van der Waals surface area contributed by atoms with Crippen LogP contribution in [0.25, 0.3) is 0 Å². The van der Waals surface area contributed by atoms with E-state index in [1.54, 1.807) is 4.31 Å². The number of aryl methyl sites for hydroxylation is 1. The Labute approximate surface area is 140 Å². The Balaban J connectivity index is 0.00000242. The van der Waals surface area contributed by atoms with Crippen molar-refractivity contribution >= 4 is 22.4 Å². The first-order valence-corrected chi connectivity index (χ1v) is 9.45. The summed E-state index contributed by atoms with van der Waals surface area (Å²) in [6.07, 6.45) is 2.54. The van der Waals surface area contributed by atoms with Gasteiger partial charge in [-0.25, -0.2) is 12.7 Å². The molecule has 1 heterocycles. The Kier molecular flexibility index (Phi) is 8.39. The van der Waals surface area contributed by atoms with E-state index in [2.05, 4.69) is 12.2 Å². The van der Waals surface area contributed by atoms with Crippen molar-refractivity contribution in [1.82, 2.24) is 9.62 Å². The lowest BCUT2D eigenvalue weighted by atomic mass is 9.98. The van der Waals surface area contributed by atoms with Crippen LogP contribution in [0.2, 0.25) is 0 Å². The van der Waals surface area contributed by atoms with Gasteiger partial charge in [-0.3, -0.25) is 0 Å². The van der Waals surface area contributed by atoms with Crippen molar-refractivity contribution in [2.75, 3.05) is 31.9 Å². The number of sulfonamides is 1. The number of hydrogen-bond donors (Lipinski definition) is 1. The minimum Gasteiger partial charge on any atom is -0.317 e. The van der Waals surface area contributed by atoms with E-state index in [1.807, 2.05) is 30.3 Å². The molecule has 126 valence electrons.